The van der Waals surface area contributed by atoms with E-state index in [2.05, 4.69) is 46.4 Å². The predicted molar refractivity (Wildman–Crippen MR) is 66.7 cm³/mol. The number of hydrogen-bond acceptors (Lipinski definition) is 5. The van der Waals surface area contributed by atoms with Crippen molar-refractivity contribution in [3.8, 4) is 0 Å². The highest BCUT2D eigenvalue weighted by Crippen LogP contribution is 2.06. The Balaban J connectivity index is 2.65. The lowest BCUT2D eigenvalue weighted by Crippen LogP contribution is -2.15. The number of nitrogens with zero attached hydrogens (tertiary/aromatic N) is 3. The zero-order valence-corrected chi connectivity index (χ0v) is 10.5. The molecule has 0 aliphatic carbocycles. The molecule has 0 aliphatic heterocycles. The minimum atomic E-state index is 0.324. The first-order chi connectivity index (χ1) is 7.61. The van der Waals surface area contributed by atoms with Gasteiger partial charge in [-0.2, -0.15) is 15.0 Å². The third-order valence-corrected chi connectivity index (χ3v) is 1.98. The first-order valence-electron chi connectivity index (χ1n) is 5.85. The standard InChI is InChI=1S/C11H21N5/c1-5-6-7-12-10-14-9(4)15-11(16-10)13-8(2)3/h8H,5-7H2,1-4H3,(H2,12,13,14,15,16). The average Bonchev–Trinajstić information content (AvgIpc) is 2.16. The van der Waals surface area contributed by atoms with Crippen molar-refractivity contribution in [2.45, 2.75) is 46.6 Å². The number of hydrogen-bond donors (Lipinski definition) is 2. The van der Waals surface area contributed by atoms with Crippen molar-refractivity contribution in [3.63, 3.8) is 0 Å². The minimum absolute atomic E-state index is 0.324. The van der Waals surface area contributed by atoms with Gasteiger partial charge in [-0.05, 0) is 27.2 Å². The van der Waals surface area contributed by atoms with Crippen LogP contribution in [0.4, 0.5) is 11.9 Å². The fourth-order valence-corrected chi connectivity index (χ4v) is 1.26. The molecule has 1 rings (SSSR count). The molecule has 2 N–H and O–H groups in total. The predicted octanol–water partition coefficient (Wildman–Crippen LogP) is 2.21. The largest absolute Gasteiger partial charge is 0.354 e. The van der Waals surface area contributed by atoms with Gasteiger partial charge in [0.1, 0.15) is 5.82 Å². The van der Waals surface area contributed by atoms with Crippen molar-refractivity contribution < 1.29 is 0 Å². The van der Waals surface area contributed by atoms with E-state index in [0.29, 0.717) is 17.9 Å². The molecule has 90 valence electrons. The van der Waals surface area contributed by atoms with Gasteiger partial charge in [-0.3, -0.25) is 0 Å². The van der Waals surface area contributed by atoms with Crippen molar-refractivity contribution in [2.24, 2.45) is 0 Å². The molecule has 1 aromatic rings. The molecule has 0 fully saturated rings. The maximum absolute atomic E-state index is 4.30. The van der Waals surface area contributed by atoms with Gasteiger partial charge in [0.25, 0.3) is 0 Å². The van der Waals surface area contributed by atoms with Crippen LogP contribution in [0.15, 0.2) is 0 Å². The van der Waals surface area contributed by atoms with E-state index in [1.54, 1.807) is 0 Å². The van der Waals surface area contributed by atoms with E-state index in [9.17, 15) is 0 Å². The van der Waals surface area contributed by atoms with Gasteiger partial charge in [0.2, 0.25) is 11.9 Å². The van der Waals surface area contributed by atoms with Crippen LogP contribution in [0.25, 0.3) is 0 Å². The van der Waals surface area contributed by atoms with Gasteiger partial charge in [-0.1, -0.05) is 13.3 Å². The molecule has 0 aliphatic rings. The molecule has 0 bridgehead atoms. The van der Waals surface area contributed by atoms with Crippen LogP contribution in [-0.4, -0.2) is 27.5 Å². The average molecular weight is 223 g/mol. The summed E-state index contributed by atoms with van der Waals surface area (Å²) in [6.07, 6.45) is 2.28. The van der Waals surface area contributed by atoms with E-state index in [4.69, 9.17) is 0 Å². The van der Waals surface area contributed by atoms with Crippen molar-refractivity contribution >= 4 is 11.9 Å². The molecule has 0 aromatic carbocycles. The fraction of sp³-hybridized carbons (Fsp3) is 0.727. The molecule has 5 nitrogen and oxygen atoms in total. The molecule has 5 heteroatoms. The molecule has 0 unspecified atom stereocenters. The summed E-state index contributed by atoms with van der Waals surface area (Å²) in [5, 5.41) is 6.37. The molecule has 0 saturated heterocycles. The second-order valence-electron chi connectivity index (χ2n) is 4.11. The molecule has 16 heavy (non-hydrogen) atoms. The highest BCUT2D eigenvalue weighted by atomic mass is 15.2. The lowest BCUT2D eigenvalue weighted by molar-refractivity contribution is 0.816. The van der Waals surface area contributed by atoms with Gasteiger partial charge in [-0.15, -0.1) is 0 Å². The third-order valence-electron chi connectivity index (χ3n) is 1.98. The zero-order chi connectivity index (χ0) is 12.0. The number of unbranched alkanes of at least 4 members (excludes halogenated alkanes) is 1. The minimum Gasteiger partial charge on any atom is -0.354 e. The summed E-state index contributed by atoms with van der Waals surface area (Å²) >= 11 is 0. The van der Waals surface area contributed by atoms with E-state index < -0.39 is 0 Å². The number of nitrogens with one attached hydrogen (secondary N) is 2. The summed E-state index contributed by atoms with van der Waals surface area (Å²) in [5.74, 6) is 2.03. The Hall–Kier alpha value is -1.39. The van der Waals surface area contributed by atoms with Crippen molar-refractivity contribution in [1.29, 1.82) is 0 Å². The molecule has 1 heterocycles. The lowest BCUT2D eigenvalue weighted by atomic mass is 10.3. The highest BCUT2D eigenvalue weighted by molar-refractivity contribution is 5.34. The normalized spacial score (nSPS) is 10.6. The number of rotatable bonds is 6. The van der Waals surface area contributed by atoms with E-state index in [1.807, 2.05) is 6.92 Å². The van der Waals surface area contributed by atoms with Crippen LogP contribution in [0.1, 0.15) is 39.4 Å². The van der Waals surface area contributed by atoms with Crippen LogP contribution in [0, 0.1) is 6.92 Å². The maximum Gasteiger partial charge on any atom is 0.227 e. The van der Waals surface area contributed by atoms with E-state index in [-0.39, 0.29) is 0 Å². The Bertz CT molecular complexity index is 324. The van der Waals surface area contributed by atoms with Crippen LogP contribution in [0.5, 0.6) is 0 Å². The van der Waals surface area contributed by atoms with Crippen LogP contribution >= 0.6 is 0 Å². The Morgan fingerprint density at radius 2 is 1.81 bits per heavy atom. The van der Waals surface area contributed by atoms with Gasteiger partial charge in [0, 0.05) is 12.6 Å². The SMILES string of the molecule is CCCCNc1nc(C)nc(NC(C)C)n1. The van der Waals surface area contributed by atoms with Crippen LogP contribution in [0.2, 0.25) is 0 Å². The fourth-order valence-electron chi connectivity index (χ4n) is 1.26. The Kier molecular flexibility index (Phi) is 4.95. The molecule has 0 spiro atoms. The third kappa shape index (κ3) is 4.42. The molecule has 0 amide bonds. The van der Waals surface area contributed by atoms with Gasteiger partial charge < -0.3 is 10.6 Å². The van der Waals surface area contributed by atoms with E-state index in [1.165, 1.54) is 0 Å². The quantitative estimate of drug-likeness (QED) is 0.724. The Morgan fingerprint density at radius 1 is 1.12 bits per heavy atom. The first kappa shape index (κ1) is 12.7. The number of anilines is 2. The molecule has 1 aromatic heterocycles. The molecule has 0 radical (unpaired) electrons. The maximum atomic E-state index is 4.30. The number of aryl methyl sites for hydroxylation is 1. The van der Waals surface area contributed by atoms with Gasteiger partial charge >= 0.3 is 0 Å². The summed E-state index contributed by atoms with van der Waals surface area (Å²) in [5.41, 5.74) is 0. The summed E-state index contributed by atoms with van der Waals surface area (Å²) in [6, 6.07) is 0.324. The van der Waals surface area contributed by atoms with E-state index >= 15 is 0 Å². The lowest BCUT2D eigenvalue weighted by Gasteiger charge is -2.10. The summed E-state index contributed by atoms with van der Waals surface area (Å²) in [4.78, 5) is 12.8. The molecule has 0 atom stereocenters. The molecule has 0 saturated carbocycles. The summed E-state index contributed by atoms with van der Waals surface area (Å²) in [6.45, 7) is 9.05. The van der Waals surface area contributed by atoms with E-state index in [0.717, 1.165) is 25.2 Å². The van der Waals surface area contributed by atoms with Gasteiger partial charge in [0.15, 0.2) is 0 Å². The van der Waals surface area contributed by atoms with Crippen LogP contribution < -0.4 is 10.6 Å². The highest BCUT2D eigenvalue weighted by Gasteiger charge is 2.03. The zero-order valence-electron chi connectivity index (χ0n) is 10.5. The first-order valence-corrected chi connectivity index (χ1v) is 5.85. The summed E-state index contributed by atoms with van der Waals surface area (Å²) < 4.78 is 0. The van der Waals surface area contributed by atoms with Gasteiger partial charge in [-0.25, -0.2) is 0 Å². The van der Waals surface area contributed by atoms with Crippen molar-refractivity contribution in [2.75, 3.05) is 17.2 Å². The summed E-state index contributed by atoms with van der Waals surface area (Å²) in [7, 11) is 0. The second-order valence-corrected chi connectivity index (χ2v) is 4.11. The number of aromatic nitrogens is 3. The Morgan fingerprint density at radius 3 is 2.44 bits per heavy atom. The van der Waals surface area contributed by atoms with Gasteiger partial charge in [0.05, 0.1) is 0 Å². The molecular weight excluding hydrogens is 202 g/mol. The topological polar surface area (TPSA) is 62.7 Å². The molecular formula is C11H21N5. The monoisotopic (exact) mass is 223 g/mol. The second kappa shape index (κ2) is 6.25. The van der Waals surface area contributed by atoms with Crippen LogP contribution in [-0.2, 0) is 0 Å². The van der Waals surface area contributed by atoms with Crippen molar-refractivity contribution in [3.05, 3.63) is 5.82 Å². The smallest absolute Gasteiger partial charge is 0.227 e. The van der Waals surface area contributed by atoms with Crippen molar-refractivity contribution in [1.82, 2.24) is 15.0 Å². The van der Waals surface area contributed by atoms with Crippen LogP contribution in [0.3, 0.4) is 0 Å². The Labute approximate surface area is 97.1 Å².